The molecular formula is C16H17FN4OS. The van der Waals surface area contributed by atoms with Gasteiger partial charge in [-0.15, -0.1) is 11.3 Å². The lowest BCUT2D eigenvalue weighted by molar-refractivity contribution is 0.413. The van der Waals surface area contributed by atoms with Crippen molar-refractivity contribution in [2.24, 2.45) is 0 Å². The minimum absolute atomic E-state index is 0.300. The Hall–Kier alpha value is -2.41. The summed E-state index contributed by atoms with van der Waals surface area (Å²) < 4.78 is 20.9. The highest BCUT2D eigenvalue weighted by molar-refractivity contribution is 7.15. The van der Waals surface area contributed by atoms with Crippen molar-refractivity contribution in [3.05, 3.63) is 40.5 Å². The van der Waals surface area contributed by atoms with Gasteiger partial charge in [-0.3, -0.25) is 4.57 Å². The van der Waals surface area contributed by atoms with Crippen LogP contribution in [0.15, 0.2) is 18.3 Å². The van der Waals surface area contributed by atoms with E-state index in [1.807, 2.05) is 27.0 Å². The third kappa shape index (κ3) is 2.68. The molecule has 3 rings (SSSR count). The summed E-state index contributed by atoms with van der Waals surface area (Å²) in [7, 11) is 1.46. The van der Waals surface area contributed by atoms with Gasteiger partial charge in [0.2, 0.25) is 0 Å². The molecule has 2 aromatic heterocycles. The zero-order valence-electron chi connectivity index (χ0n) is 13.3. The van der Waals surface area contributed by atoms with Gasteiger partial charge in [-0.05, 0) is 20.8 Å². The van der Waals surface area contributed by atoms with Gasteiger partial charge < -0.3 is 10.5 Å². The van der Waals surface area contributed by atoms with Gasteiger partial charge in [-0.1, -0.05) is 0 Å². The maximum atomic E-state index is 13.9. The lowest BCUT2D eigenvalue weighted by Crippen LogP contribution is -2.04. The average Bonchev–Trinajstić information content (AvgIpc) is 3.03. The molecule has 0 amide bonds. The van der Waals surface area contributed by atoms with Crippen LogP contribution in [0.4, 0.5) is 10.1 Å². The van der Waals surface area contributed by atoms with Crippen LogP contribution in [0, 0.1) is 26.6 Å². The third-order valence-corrected chi connectivity index (χ3v) is 4.57. The molecule has 0 saturated carbocycles. The summed E-state index contributed by atoms with van der Waals surface area (Å²) in [6.07, 6.45) is 1.83. The van der Waals surface area contributed by atoms with Crippen molar-refractivity contribution in [3.8, 4) is 22.1 Å². The number of ether oxygens (including phenoxy) is 1. The molecule has 0 radical (unpaired) electrons. The van der Waals surface area contributed by atoms with Crippen LogP contribution in [0.3, 0.4) is 0 Å². The van der Waals surface area contributed by atoms with Crippen LogP contribution >= 0.6 is 11.3 Å². The van der Waals surface area contributed by atoms with E-state index in [0.717, 1.165) is 21.3 Å². The Morgan fingerprint density at radius 2 is 1.96 bits per heavy atom. The first kappa shape index (κ1) is 15.5. The number of aryl methyl sites for hydroxylation is 3. The summed E-state index contributed by atoms with van der Waals surface area (Å²) in [5.74, 6) is 0.583. The zero-order chi connectivity index (χ0) is 16.7. The topological polar surface area (TPSA) is 66.0 Å². The van der Waals surface area contributed by atoms with Gasteiger partial charge in [-0.25, -0.2) is 14.4 Å². The lowest BCUT2D eigenvalue weighted by Gasteiger charge is -2.13. The van der Waals surface area contributed by atoms with E-state index in [9.17, 15) is 4.39 Å². The quantitative estimate of drug-likeness (QED) is 0.744. The summed E-state index contributed by atoms with van der Waals surface area (Å²) in [6.45, 7) is 5.76. The fourth-order valence-corrected chi connectivity index (χ4v) is 3.43. The summed E-state index contributed by atoms with van der Waals surface area (Å²) in [5, 5.41) is 0.953. The Labute approximate surface area is 137 Å². The number of anilines is 1. The van der Waals surface area contributed by atoms with E-state index in [-0.39, 0.29) is 0 Å². The van der Waals surface area contributed by atoms with Crippen LogP contribution in [0.25, 0.3) is 16.4 Å². The van der Waals surface area contributed by atoms with Crippen molar-refractivity contribution < 1.29 is 9.13 Å². The van der Waals surface area contributed by atoms with Crippen LogP contribution in [0.2, 0.25) is 0 Å². The molecule has 23 heavy (non-hydrogen) atoms. The molecule has 0 unspecified atom stereocenters. The van der Waals surface area contributed by atoms with Crippen LogP contribution in [-0.4, -0.2) is 21.6 Å². The first-order valence-corrected chi connectivity index (χ1v) is 7.86. The molecule has 0 aliphatic rings. The molecule has 0 bridgehead atoms. The van der Waals surface area contributed by atoms with E-state index in [4.69, 9.17) is 10.5 Å². The smallest absolute Gasteiger partial charge is 0.156 e. The minimum Gasteiger partial charge on any atom is -0.494 e. The number of thiazole rings is 1. The second-order valence-corrected chi connectivity index (χ2v) is 6.47. The fraction of sp³-hybridized carbons (Fsp3) is 0.250. The second kappa shape index (κ2) is 5.66. The van der Waals surface area contributed by atoms with Gasteiger partial charge in [0.25, 0.3) is 0 Å². The number of rotatable bonds is 3. The average molecular weight is 332 g/mol. The molecular weight excluding hydrogens is 315 g/mol. The number of nitrogens with two attached hydrogens (primary N) is 1. The number of nitrogen functional groups attached to an aromatic ring is 1. The normalized spacial score (nSPS) is 11.0. The number of nitrogens with zero attached hydrogens (tertiary/aromatic N) is 3. The van der Waals surface area contributed by atoms with Crippen molar-refractivity contribution in [2.45, 2.75) is 20.8 Å². The zero-order valence-corrected chi connectivity index (χ0v) is 14.2. The Bertz CT molecular complexity index is 885. The van der Waals surface area contributed by atoms with E-state index < -0.39 is 5.82 Å². The molecule has 2 N–H and O–H groups in total. The number of benzene rings is 1. The molecule has 7 heteroatoms. The van der Waals surface area contributed by atoms with Gasteiger partial charge in [0.05, 0.1) is 39.8 Å². The van der Waals surface area contributed by atoms with E-state index in [1.165, 1.54) is 19.2 Å². The highest BCUT2D eigenvalue weighted by atomic mass is 32.1. The summed E-state index contributed by atoms with van der Waals surface area (Å²) in [5.41, 5.74) is 8.71. The first-order chi connectivity index (χ1) is 10.9. The molecule has 2 heterocycles. The summed E-state index contributed by atoms with van der Waals surface area (Å²) >= 11 is 1.55. The van der Waals surface area contributed by atoms with Gasteiger partial charge in [0, 0.05) is 18.3 Å². The van der Waals surface area contributed by atoms with Crippen molar-refractivity contribution in [1.29, 1.82) is 0 Å². The van der Waals surface area contributed by atoms with E-state index in [2.05, 4.69) is 9.97 Å². The number of aromatic nitrogens is 3. The largest absolute Gasteiger partial charge is 0.494 e. The molecule has 120 valence electrons. The maximum absolute atomic E-state index is 13.9. The summed E-state index contributed by atoms with van der Waals surface area (Å²) in [4.78, 5) is 9.96. The fourth-order valence-electron chi connectivity index (χ4n) is 2.53. The number of imidazole rings is 1. The minimum atomic E-state index is -0.416. The number of hydrogen-bond acceptors (Lipinski definition) is 5. The Morgan fingerprint density at radius 3 is 2.57 bits per heavy atom. The molecule has 0 aliphatic heterocycles. The first-order valence-electron chi connectivity index (χ1n) is 7.04. The number of hydrogen-bond donors (Lipinski definition) is 1. The van der Waals surface area contributed by atoms with Crippen LogP contribution < -0.4 is 10.5 Å². The predicted octanol–water partition coefficient (Wildman–Crippen LogP) is 3.65. The molecule has 1 aromatic carbocycles. The van der Waals surface area contributed by atoms with Gasteiger partial charge in [0.15, 0.2) is 5.82 Å². The van der Waals surface area contributed by atoms with Crippen molar-refractivity contribution >= 4 is 17.0 Å². The van der Waals surface area contributed by atoms with Crippen LogP contribution in [0.1, 0.15) is 16.4 Å². The molecule has 0 fully saturated rings. The molecule has 0 spiro atoms. The van der Waals surface area contributed by atoms with Crippen molar-refractivity contribution in [3.63, 3.8) is 0 Å². The molecule has 0 aliphatic carbocycles. The molecule has 3 aromatic rings. The van der Waals surface area contributed by atoms with Crippen LogP contribution in [-0.2, 0) is 0 Å². The predicted molar refractivity (Wildman–Crippen MR) is 89.8 cm³/mol. The van der Waals surface area contributed by atoms with Crippen molar-refractivity contribution in [1.82, 2.24) is 14.5 Å². The Kier molecular flexibility index (Phi) is 3.81. The van der Waals surface area contributed by atoms with E-state index in [0.29, 0.717) is 22.9 Å². The lowest BCUT2D eigenvalue weighted by atomic mass is 10.2. The number of methoxy groups -OCH3 is 1. The van der Waals surface area contributed by atoms with E-state index >= 15 is 0 Å². The number of halogens is 1. The highest BCUT2D eigenvalue weighted by Crippen LogP contribution is 2.35. The van der Waals surface area contributed by atoms with Gasteiger partial charge in [0.1, 0.15) is 11.6 Å². The SMILES string of the molecule is COc1cc(F)cc(-n2cc(C)nc2-c2sc(C)nc2C)c1N. The molecule has 0 saturated heterocycles. The standard InChI is InChI=1S/C16H17FN4OS/c1-8-7-21(12-5-11(17)6-13(22-4)14(12)18)16(19-8)15-9(2)20-10(3)23-15/h5-7H,18H2,1-4H3. The second-order valence-electron chi connectivity index (χ2n) is 5.26. The van der Waals surface area contributed by atoms with E-state index in [1.54, 1.807) is 15.9 Å². The molecule has 0 atom stereocenters. The van der Waals surface area contributed by atoms with Gasteiger partial charge >= 0.3 is 0 Å². The maximum Gasteiger partial charge on any atom is 0.156 e. The Morgan fingerprint density at radius 1 is 1.22 bits per heavy atom. The van der Waals surface area contributed by atoms with Gasteiger partial charge in [-0.2, -0.15) is 0 Å². The highest BCUT2D eigenvalue weighted by Gasteiger charge is 2.19. The molecule has 5 nitrogen and oxygen atoms in total. The Balaban J connectivity index is 2.27. The van der Waals surface area contributed by atoms with Crippen LogP contribution in [0.5, 0.6) is 5.75 Å². The summed E-state index contributed by atoms with van der Waals surface area (Å²) in [6, 6.07) is 2.65. The monoisotopic (exact) mass is 332 g/mol. The third-order valence-electron chi connectivity index (χ3n) is 3.50. The van der Waals surface area contributed by atoms with Crippen molar-refractivity contribution in [2.75, 3.05) is 12.8 Å².